The summed E-state index contributed by atoms with van der Waals surface area (Å²) in [5.74, 6) is -0.0480. The zero-order valence-corrected chi connectivity index (χ0v) is 13.3. The molecule has 6 heteroatoms. The van der Waals surface area contributed by atoms with Crippen LogP contribution in [0, 0.1) is 5.92 Å². The van der Waals surface area contributed by atoms with Gasteiger partial charge in [-0.15, -0.1) is 0 Å². The number of rotatable bonds is 3. The number of carbonyl (C=O) groups is 2. The van der Waals surface area contributed by atoms with Gasteiger partial charge in [0.2, 0.25) is 5.91 Å². The molecule has 1 aromatic rings. The predicted molar refractivity (Wildman–Crippen MR) is 81.6 cm³/mol. The number of primary amides is 1. The molecule has 1 heterocycles. The fourth-order valence-corrected chi connectivity index (χ4v) is 3.02. The highest BCUT2D eigenvalue weighted by molar-refractivity contribution is 9.10. The number of amides is 2. The molecule has 0 spiro atoms. The highest BCUT2D eigenvalue weighted by Gasteiger charge is 2.25. The number of likely N-dealkylation sites (tertiary alicyclic amines) is 1. The summed E-state index contributed by atoms with van der Waals surface area (Å²) in [5.41, 5.74) is 5.71. The molecule has 1 aliphatic rings. The van der Waals surface area contributed by atoms with Gasteiger partial charge in [0, 0.05) is 24.0 Å². The van der Waals surface area contributed by atoms with Gasteiger partial charge in [-0.25, -0.2) is 0 Å². The first-order chi connectivity index (χ1) is 9.47. The fourth-order valence-electron chi connectivity index (χ4n) is 2.46. The first kappa shape index (κ1) is 15.3. The topological polar surface area (TPSA) is 63.4 Å². The Bertz CT molecular complexity index is 528. The van der Waals surface area contributed by atoms with Gasteiger partial charge in [-0.05, 0) is 37.0 Å². The van der Waals surface area contributed by atoms with Crippen LogP contribution in [0.2, 0.25) is 5.02 Å². The summed E-state index contributed by atoms with van der Waals surface area (Å²) in [4.78, 5) is 25.1. The van der Waals surface area contributed by atoms with Crippen LogP contribution in [0.4, 0.5) is 0 Å². The minimum Gasteiger partial charge on any atom is -0.370 e. The van der Waals surface area contributed by atoms with Crippen molar-refractivity contribution in [2.24, 2.45) is 11.7 Å². The highest BCUT2D eigenvalue weighted by Crippen LogP contribution is 2.26. The summed E-state index contributed by atoms with van der Waals surface area (Å²) >= 11 is 9.42. The number of piperidine rings is 1. The van der Waals surface area contributed by atoms with E-state index in [9.17, 15) is 9.59 Å². The van der Waals surface area contributed by atoms with Crippen molar-refractivity contribution in [2.75, 3.05) is 13.1 Å². The molecule has 0 aliphatic carbocycles. The van der Waals surface area contributed by atoms with Gasteiger partial charge in [-0.1, -0.05) is 27.5 Å². The zero-order valence-electron chi connectivity index (χ0n) is 10.9. The molecule has 1 saturated heterocycles. The maximum atomic E-state index is 12.4. The number of hydrogen-bond acceptors (Lipinski definition) is 2. The molecule has 4 nitrogen and oxygen atoms in total. The highest BCUT2D eigenvalue weighted by atomic mass is 79.9. The van der Waals surface area contributed by atoms with Crippen LogP contribution >= 0.6 is 27.5 Å². The molecule has 0 unspecified atom stereocenters. The van der Waals surface area contributed by atoms with Crippen LogP contribution in [-0.2, 0) is 4.79 Å². The second-order valence-electron chi connectivity index (χ2n) is 5.03. The summed E-state index contributed by atoms with van der Waals surface area (Å²) < 4.78 is 0.828. The third-order valence-corrected chi connectivity index (χ3v) is 4.37. The lowest BCUT2D eigenvalue weighted by Crippen LogP contribution is -2.39. The Labute approximate surface area is 131 Å². The molecule has 108 valence electrons. The van der Waals surface area contributed by atoms with Gasteiger partial charge in [-0.3, -0.25) is 9.59 Å². The van der Waals surface area contributed by atoms with Crippen molar-refractivity contribution >= 4 is 39.3 Å². The van der Waals surface area contributed by atoms with Crippen LogP contribution in [0.1, 0.15) is 29.6 Å². The Morgan fingerprint density at radius 3 is 2.60 bits per heavy atom. The SMILES string of the molecule is NC(=O)CC1CCN(C(=O)c2cc(Br)ccc2Cl)CC1. The zero-order chi connectivity index (χ0) is 14.7. The normalized spacial score (nSPS) is 16.2. The summed E-state index contributed by atoms with van der Waals surface area (Å²) in [5, 5.41) is 0.456. The maximum absolute atomic E-state index is 12.4. The van der Waals surface area contributed by atoms with Crippen LogP contribution in [-0.4, -0.2) is 29.8 Å². The quantitative estimate of drug-likeness (QED) is 0.902. The molecular weight excluding hydrogens is 344 g/mol. The largest absolute Gasteiger partial charge is 0.370 e. The van der Waals surface area contributed by atoms with E-state index in [4.69, 9.17) is 17.3 Å². The predicted octanol–water partition coefficient (Wildman–Crippen LogP) is 2.83. The Kier molecular flexibility index (Phi) is 5.05. The van der Waals surface area contributed by atoms with Crippen molar-refractivity contribution in [3.63, 3.8) is 0 Å². The molecule has 0 bridgehead atoms. The molecule has 0 atom stereocenters. The van der Waals surface area contributed by atoms with Crippen molar-refractivity contribution < 1.29 is 9.59 Å². The van der Waals surface area contributed by atoms with Gasteiger partial charge < -0.3 is 10.6 Å². The smallest absolute Gasteiger partial charge is 0.255 e. The van der Waals surface area contributed by atoms with E-state index in [-0.39, 0.29) is 17.7 Å². The van der Waals surface area contributed by atoms with Gasteiger partial charge in [0.25, 0.3) is 5.91 Å². The van der Waals surface area contributed by atoms with Gasteiger partial charge in [0.15, 0.2) is 0 Å². The molecule has 1 fully saturated rings. The number of halogens is 2. The Balaban J connectivity index is 2.01. The van der Waals surface area contributed by atoms with E-state index >= 15 is 0 Å². The number of carbonyl (C=O) groups excluding carboxylic acids is 2. The summed E-state index contributed by atoms with van der Waals surface area (Å²) in [6.45, 7) is 1.28. The summed E-state index contributed by atoms with van der Waals surface area (Å²) in [6, 6.07) is 5.25. The van der Waals surface area contributed by atoms with Crippen LogP contribution in [0.25, 0.3) is 0 Å². The van der Waals surface area contributed by atoms with E-state index < -0.39 is 0 Å². The molecular formula is C14H16BrClN2O2. The lowest BCUT2D eigenvalue weighted by Gasteiger charge is -2.31. The first-order valence-electron chi connectivity index (χ1n) is 6.50. The molecule has 20 heavy (non-hydrogen) atoms. The molecule has 0 radical (unpaired) electrons. The van der Waals surface area contributed by atoms with Crippen LogP contribution in [0.5, 0.6) is 0 Å². The van der Waals surface area contributed by atoms with Crippen LogP contribution in [0.3, 0.4) is 0 Å². The number of benzene rings is 1. The monoisotopic (exact) mass is 358 g/mol. The van der Waals surface area contributed by atoms with Crippen molar-refractivity contribution in [2.45, 2.75) is 19.3 Å². The van der Waals surface area contributed by atoms with E-state index in [0.717, 1.165) is 17.3 Å². The average Bonchev–Trinajstić information content (AvgIpc) is 2.41. The van der Waals surface area contributed by atoms with E-state index in [0.29, 0.717) is 30.1 Å². The van der Waals surface area contributed by atoms with Crippen molar-refractivity contribution in [1.29, 1.82) is 0 Å². The molecule has 2 rings (SSSR count). The van der Waals surface area contributed by atoms with Gasteiger partial charge in [0.05, 0.1) is 10.6 Å². The molecule has 1 aliphatic heterocycles. The summed E-state index contributed by atoms with van der Waals surface area (Å²) in [7, 11) is 0. The molecule has 0 saturated carbocycles. The lowest BCUT2D eigenvalue weighted by atomic mass is 9.93. The van der Waals surface area contributed by atoms with E-state index in [2.05, 4.69) is 15.9 Å². The third-order valence-electron chi connectivity index (χ3n) is 3.55. The van der Waals surface area contributed by atoms with Gasteiger partial charge >= 0.3 is 0 Å². The van der Waals surface area contributed by atoms with E-state index in [1.54, 1.807) is 23.1 Å². The van der Waals surface area contributed by atoms with Gasteiger partial charge in [-0.2, -0.15) is 0 Å². The van der Waals surface area contributed by atoms with Crippen molar-refractivity contribution in [3.05, 3.63) is 33.3 Å². The third kappa shape index (κ3) is 3.73. The lowest BCUT2D eigenvalue weighted by molar-refractivity contribution is -0.119. The molecule has 0 aromatic heterocycles. The average molecular weight is 360 g/mol. The fraction of sp³-hybridized carbons (Fsp3) is 0.429. The molecule has 1 aromatic carbocycles. The Morgan fingerprint density at radius 2 is 2.00 bits per heavy atom. The standard InChI is InChI=1S/C14H16BrClN2O2/c15-10-1-2-12(16)11(8-10)14(20)18-5-3-9(4-6-18)7-13(17)19/h1-2,8-9H,3-7H2,(H2,17,19). The number of nitrogens with two attached hydrogens (primary N) is 1. The Morgan fingerprint density at radius 1 is 1.35 bits per heavy atom. The molecule has 2 N–H and O–H groups in total. The first-order valence-corrected chi connectivity index (χ1v) is 7.67. The minimum absolute atomic E-state index is 0.0613. The maximum Gasteiger partial charge on any atom is 0.255 e. The van der Waals surface area contributed by atoms with Gasteiger partial charge in [0.1, 0.15) is 0 Å². The number of hydrogen-bond donors (Lipinski definition) is 1. The van der Waals surface area contributed by atoms with Crippen molar-refractivity contribution in [1.82, 2.24) is 4.90 Å². The van der Waals surface area contributed by atoms with Crippen molar-refractivity contribution in [3.8, 4) is 0 Å². The van der Waals surface area contributed by atoms with E-state index in [1.807, 2.05) is 0 Å². The molecule has 2 amide bonds. The van der Waals surface area contributed by atoms with Crippen LogP contribution in [0.15, 0.2) is 22.7 Å². The second kappa shape index (κ2) is 6.59. The Hall–Kier alpha value is -1.07. The van der Waals surface area contributed by atoms with Crippen LogP contribution < -0.4 is 5.73 Å². The number of nitrogens with zero attached hydrogens (tertiary/aromatic N) is 1. The van der Waals surface area contributed by atoms with E-state index in [1.165, 1.54) is 0 Å². The summed E-state index contributed by atoms with van der Waals surface area (Å²) in [6.07, 6.45) is 2.01. The minimum atomic E-state index is -0.273. The second-order valence-corrected chi connectivity index (χ2v) is 6.35.